The summed E-state index contributed by atoms with van der Waals surface area (Å²) in [5.41, 5.74) is 1.10. The number of nitrogens with zero attached hydrogens (tertiary/aromatic N) is 1. The van der Waals surface area contributed by atoms with Crippen LogP contribution in [0.1, 0.15) is 24.4 Å². The van der Waals surface area contributed by atoms with Crippen molar-refractivity contribution in [1.82, 2.24) is 10.2 Å². The monoisotopic (exact) mass is 268 g/mol. The summed E-state index contributed by atoms with van der Waals surface area (Å²) in [6, 6.07) is 5.20. The van der Waals surface area contributed by atoms with E-state index in [1.54, 1.807) is 0 Å². The average molecular weight is 269 g/mol. The molecule has 0 amide bonds. The number of rotatable bonds is 3. The van der Waals surface area contributed by atoms with Crippen molar-refractivity contribution in [1.29, 1.82) is 0 Å². The van der Waals surface area contributed by atoms with Crippen molar-refractivity contribution in [3.8, 4) is 0 Å². The quantitative estimate of drug-likeness (QED) is 0.907. The van der Waals surface area contributed by atoms with Crippen molar-refractivity contribution < 1.29 is 4.39 Å². The second kappa shape index (κ2) is 5.16. The number of hydrogen-bond donors (Lipinski definition) is 1. The lowest BCUT2D eigenvalue weighted by Gasteiger charge is -2.35. The van der Waals surface area contributed by atoms with Crippen LogP contribution in [0.3, 0.4) is 0 Å². The first-order valence-corrected chi connectivity index (χ1v) is 7.03. The Morgan fingerprint density at radius 3 is 2.61 bits per heavy atom. The molecule has 0 radical (unpaired) electrons. The summed E-state index contributed by atoms with van der Waals surface area (Å²) in [5, 5.41) is 3.94. The fourth-order valence-electron chi connectivity index (χ4n) is 2.86. The van der Waals surface area contributed by atoms with Gasteiger partial charge in [0.1, 0.15) is 5.82 Å². The summed E-state index contributed by atoms with van der Waals surface area (Å²) in [5.74, 6) is 0.449. The number of hydrogen-bond acceptors (Lipinski definition) is 2. The lowest BCUT2D eigenvalue weighted by molar-refractivity contribution is 0.156. The molecule has 2 nitrogen and oxygen atoms in total. The Kier molecular flexibility index (Phi) is 3.55. The van der Waals surface area contributed by atoms with Gasteiger partial charge in [-0.25, -0.2) is 4.39 Å². The van der Waals surface area contributed by atoms with Gasteiger partial charge in [0.25, 0.3) is 0 Å². The molecule has 2 aliphatic rings. The average Bonchev–Trinajstić information content (AvgIpc) is 3.18. The van der Waals surface area contributed by atoms with Gasteiger partial charge >= 0.3 is 0 Å². The van der Waals surface area contributed by atoms with Gasteiger partial charge < -0.3 is 5.32 Å². The summed E-state index contributed by atoms with van der Waals surface area (Å²) in [4.78, 5) is 2.49. The highest BCUT2D eigenvalue weighted by Gasteiger charge is 2.37. The molecule has 18 heavy (non-hydrogen) atoms. The van der Waals surface area contributed by atoms with Crippen LogP contribution in [-0.4, -0.2) is 31.1 Å². The number of benzene rings is 1. The van der Waals surface area contributed by atoms with Gasteiger partial charge in [0.15, 0.2) is 0 Å². The Morgan fingerprint density at radius 2 is 2.00 bits per heavy atom. The molecule has 1 heterocycles. The third kappa shape index (κ3) is 2.53. The van der Waals surface area contributed by atoms with Crippen molar-refractivity contribution in [3.63, 3.8) is 0 Å². The predicted octanol–water partition coefficient (Wildman–Crippen LogP) is 2.84. The number of nitrogens with one attached hydrogen (secondary N) is 1. The summed E-state index contributed by atoms with van der Waals surface area (Å²) in [6.07, 6.45) is 2.53. The van der Waals surface area contributed by atoms with E-state index < -0.39 is 0 Å². The van der Waals surface area contributed by atoms with E-state index in [0.717, 1.165) is 31.7 Å². The predicted molar refractivity (Wildman–Crippen MR) is 71.3 cm³/mol. The number of halogens is 2. The second-order valence-corrected chi connectivity index (χ2v) is 5.64. The van der Waals surface area contributed by atoms with Gasteiger partial charge in [-0.15, -0.1) is 0 Å². The lowest BCUT2D eigenvalue weighted by Crippen LogP contribution is -2.45. The Labute approximate surface area is 112 Å². The molecule has 1 saturated carbocycles. The normalized spacial score (nSPS) is 23.0. The highest BCUT2D eigenvalue weighted by Crippen LogP contribution is 2.46. The molecular formula is C14H18ClFN2. The van der Waals surface area contributed by atoms with Gasteiger partial charge in [-0.3, -0.25) is 4.90 Å². The van der Waals surface area contributed by atoms with Crippen LogP contribution in [0.15, 0.2) is 18.2 Å². The van der Waals surface area contributed by atoms with E-state index in [9.17, 15) is 4.39 Å². The minimum atomic E-state index is -0.251. The molecule has 1 saturated heterocycles. The molecule has 1 N–H and O–H groups in total. The molecule has 3 rings (SSSR count). The highest BCUT2D eigenvalue weighted by molar-refractivity contribution is 6.31. The summed E-state index contributed by atoms with van der Waals surface area (Å²) in [6.45, 7) is 4.16. The molecule has 1 aromatic carbocycles. The van der Waals surface area contributed by atoms with Crippen LogP contribution < -0.4 is 5.32 Å². The zero-order valence-corrected chi connectivity index (χ0v) is 11.1. The minimum Gasteiger partial charge on any atom is -0.314 e. The molecule has 1 atom stereocenters. The van der Waals surface area contributed by atoms with E-state index in [-0.39, 0.29) is 5.82 Å². The molecule has 0 spiro atoms. The summed E-state index contributed by atoms with van der Waals surface area (Å²) >= 11 is 6.23. The summed E-state index contributed by atoms with van der Waals surface area (Å²) < 4.78 is 13.2. The van der Waals surface area contributed by atoms with Crippen LogP contribution in [0.2, 0.25) is 5.02 Å². The Hall–Kier alpha value is -0.640. The zero-order valence-electron chi connectivity index (χ0n) is 10.3. The van der Waals surface area contributed by atoms with Crippen molar-refractivity contribution in [2.45, 2.75) is 18.9 Å². The van der Waals surface area contributed by atoms with Crippen LogP contribution in [-0.2, 0) is 0 Å². The van der Waals surface area contributed by atoms with Crippen LogP contribution >= 0.6 is 11.6 Å². The molecule has 1 aromatic rings. The smallest absolute Gasteiger partial charge is 0.124 e. The highest BCUT2D eigenvalue weighted by atomic mass is 35.5. The minimum absolute atomic E-state index is 0.251. The fourth-order valence-corrected chi connectivity index (χ4v) is 3.14. The first-order chi connectivity index (χ1) is 8.75. The zero-order chi connectivity index (χ0) is 12.5. The largest absolute Gasteiger partial charge is 0.314 e. The van der Waals surface area contributed by atoms with Gasteiger partial charge in [-0.05, 0) is 36.5 Å². The van der Waals surface area contributed by atoms with Gasteiger partial charge in [-0.2, -0.15) is 0 Å². The van der Waals surface area contributed by atoms with E-state index in [2.05, 4.69) is 10.2 Å². The van der Waals surface area contributed by atoms with Crippen LogP contribution in [0.4, 0.5) is 4.39 Å². The molecule has 0 aromatic heterocycles. The Morgan fingerprint density at radius 1 is 1.28 bits per heavy atom. The van der Waals surface area contributed by atoms with Gasteiger partial charge in [0, 0.05) is 37.2 Å². The van der Waals surface area contributed by atoms with Gasteiger partial charge in [0.2, 0.25) is 0 Å². The molecule has 1 aliphatic heterocycles. The van der Waals surface area contributed by atoms with E-state index in [4.69, 9.17) is 11.6 Å². The van der Waals surface area contributed by atoms with E-state index in [0.29, 0.717) is 17.0 Å². The first-order valence-electron chi connectivity index (χ1n) is 6.65. The van der Waals surface area contributed by atoms with Crippen LogP contribution in [0.25, 0.3) is 0 Å². The van der Waals surface area contributed by atoms with Gasteiger partial charge in [-0.1, -0.05) is 17.7 Å². The molecule has 4 heteroatoms. The SMILES string of the molecule is Fc1ccc([C@H](C2CC2)N2CCNCC2)c(Cl)c1. The van der Waals surface area contributed by atoms with Crippen molar-refractivity contribution >= 4 is 11.6 Å². The molecule has 2 fully saturated rings. The van der Waals surface area contributed by atoms with E-state index in [1.165, 1.54) is 25.0 Å². The molecular weight excluding hydrogens is 251 g/mol. The lowest BCUT2D eigenvalue weighted by atomic mass is 9.99. The molecule has 0 unspecified atom stereocenters. The standard InChI is InChI=1S/C14H18ClFN2/c15-13-9-11(16)3-4-12(13)14(10-1-2-10)18-7-5-17-6-8-18/h3-4,9-10,14,17H,1-2,5-8H2/t14-/m0/s1. The van der Waals surface area contributed by atoms with Crippen molar-refractivity contribution in [2.24, 2.45) is 5.92 Å². The topological polar surface area (TPSA) is 15.3 Å². The Bertz CT molecular complexity index is 428. The molecule has 98 valence electrons. The Balaban J connectivity index is 1.88. The van der Waals surface area contributed by atoms with Crippen molar-refractivity contribution in [3.05, 3.63) is 34.6 Å². The fraction of sp³-hybridized carbons (Fsp3) is 0.571. The maximum atomic E-state index is 13.2. The van der Waals surface area contributed by atoms with Crippen molar-refractivity contribution in [2.75, 3.05) is 26.2 Å². The molecule has 0 bridgehead atoms. The maximum Gasteiger partial charge on any atom is 0.124 e. The van der Waals surface area contributed by atoms with Crippen LogP contribution in [0.5, 0.6) is 0 Å². The molecule has 1 aliphatic carbocycles. The first kappa shape index (κ1) is 12.4. The van der Waals surface area contributed by atoms with Crippen LogP contribution in [0, 0.1) is 11.7 Å². The number of piperazine rings is 1. The summed E-state index contributed by atoms with van der Waals surface area (Å²) in [7, 11) is 0. The van der Waals surface area contributed by atoms with E-state index >= 15 is 0 Å². The van der Waals surface area contributed by atoms with E-state index in [1.807, 2.05) is 6.07 Å². The third-order valence-electron chi connectivity index (χ3n) is 3.89. The second-order valence-electron chi connectivity index (χ2n) is 5.23. The van der Waals surface area contributed by atoms with Gasteiger partial charge in [0.05, 0.1) is 0 Å². The third-order valence-corrected chi connectivity index (χ3v) is 4.22. The maximum absolute atomic E-state index is 13.2.